The zero-order valence-corrected chi connectivity index (χ0v) is 8.34. The van der Waals surface area contributed by atoms with Crippen molar-refractivity contribution in [2.75, 3.05) is 6.54 Å². The number of aryl methyl sites for hydroxylation is 1. The molecule has 0 radical (unpaired) electrons. The van der Waals surface area contributed by atoms with Crippen molar-refractivity contribution in [1.29, 1.82) is 5.41 Å². The van der Waals surface area contributed by atoms with Gasteiger partial charge in [0, 0.05) is 6.54 Å². The highest BCUT2D eigenvalue weighted by molar-refractivity contribution is 5.75. The van der Waals surface area contributed by atoms with Crippen LogP contribution in [0.2, 0.25) is 0 Å². The molecule has 15 heavy (non-hydrogen) atoms. The van der Waals surface area contributed by atoms with E-state index < -0.39 is 12.1 Å². The first-order chi connectivity index (χ1) is 7.09. The average Bonchev–Trinajstić information content (AvgIpc) is 2.71. The van der Waals surface area contributed by atoms with Gasteiger partial charge in [-0.2, -0.15) is 4.98 Å². The Kier molecular flexibility index (Phi) is 2.31. The lowest BCUT2D eigenvalue weighted by Gasteiger charge is -2.22. The van der Waals surface area contributed by atoms with Crippen molar-refractivity contribution < 1.29 is 9.63 Å². The van der Waals surface area contributed by atoms with E-state index >= 15 is 0 Å². The van der Waals surface area contributed by atoms with Crippen LogP contribution in [0.3, 0.4) is 0 Å². The standard InChI is InChI=1S/C8H13N5O2/c1-4-11-7(15-12-4)6-5(14)2-3-13(6)8(9)10/h5-6,14H,2-3H2,1H3,(H3,9,10)/t5-,6-/m0/s1. The maximum Gasteiger partial charge on any atom is 0.252 e. The molecule has 0 aromatic carbocycles. The molecular weight excluding hydrogens is 198 g/mol. The second-order valence-corrected chi connectivity index (χ2v) is 3.56. The first-order valence-electron chi connectivity index (χ1n) is 4.68. The molecule has 0 amide bonds. The van der Waals surface area contributed by atoms with E-state index in [4.69, 9.17) is 15.7 Å². The molecule has 0 spiro atoms. The van der Waals surface area contributed by atoms with Gasteiger partial charge in [0.05, 0.1) is 6.10 Å². The number of nitrogens with two attached hydrogens (primary N) is 1. The van der Waals surface area contributed by atoms with Crippen LogP contribution >= 0.6 is 0 Å². The van der Waals surface area contributed by atoms with E-state index in [0.29, 0.717) is 24.7 Å². The van der Waals surface area contributed by atoms with Crippen molar-refractivity contribution in [3.8, 4) is 0 Å². The molecule has 7 heteroatoms. The molecule has 2 atom stereocenters. The predicted molar refractivity (Wildman–Crippen MR) is 51.0 cm³/mol. The minimum Gasteiger partial charge on any atom is -0.390 e. The quantitative estimate of drug-likeness (QED) is 0.421. The Labute approximate surface area is 86.4 Å². The summed E-state index contributed by atoms with van der Waals surface area (Å²) in [5.41, 5.74) is 5.40. The summed E-state index contributed by atoms with van der Waals surface area (Å²) in [7, 11) is 0. The molecular formula is C8H13N5O2. The van der Waals surface area contributed by atoms with Gasteiger partial charge in [-0.1, -0.05) is 5.16 Å². The molecule has 0 bridgehead atoms. The second-order valence-electron chi connectivity index (χ2n) is 3.56. The third-order valence-electron chi connectivity index (χ3n) is 2.47. The molecule has 1 aromatic rings. The molecule has 1 saturated heterocycles. The molecule has 7 nitrogen and oxygen atoms in total. The SMILES string of the molecule is Cc1noc([C@@H]2[C@@H](O)CCN2C(=N)N)n1. The van der Waals surface area contributed by atoms with Crippen LogP contribution in [-0.2, 0) is 0 Å². The van der Waals surface area contributed by atoms with Gasteiger partial charge in [-0.05, 0) is 13.3 Å². The Bertz CT molecular complexity index is 377. The predicted octanol–water partition coefficient (Wildman–Crippen LogP) is -0.621. The van der Waals surface area contributed by atoms with Crippen LogP contribution in [0.15, 0.2) is 4.52 Å². The van der Waals surface area contributed by atoms with Gasteiger partial charge in [0.15, 0.2) is 11.8 Å². The Hall–Kier alpha value is -1.63. The van der Waals surface area contributed by atoms with Crippen LogP contribution in [0.1, 0.15) is 24.2 Å². The third-order valence-corrected chi connectivity index (χ3v) is 2.47. The normalized spacial score (nSPS) is 25.9. The third kappa shape index (κ3) is 1.65. The topological polar surface area (TPSA) is 112 Å². The highest BCUT2D eigenvalue weighted by atomic mass is 16.5. The maximum absolute atomic E-state index is 9.75. The minimum absolute atomic E-state index is 0.0904. The molecule has 0 saturated carbocycles. The van der Waals surface area contributed by atoms with Crippen LogP contribution in [0.4, 0.5) is 0 Å². The largest absolute Gasteiger partial charge is 0.390 e. The van der Waals surface area contributed by atoms with Gasteiger partial charge in [0.1, 0.15) is 6.04 Å². The summed E-state index contributed by atoms with van der Waals surface area (Å²) >= 11 is 0. The van der Waals surface area contributed by atoms with E-state index in [1.54, 1.807) is 11.8 Å². The summed E-state index contributed by atoms with van der Waals surface area (Å²) in [6.45, 7) is 2.23. The van der Waals surface area contributed by atoms with Crippen LogP contribution in [0.25, 0.3) is 0 Å². The van der Waals surface area contributed by atoms with E-state index in [9.17, 15) is 5.11 Å². The molecule has 82 valence electrons. The molecule has 1 aliphatic rings. The van der Waals surface area contributed by atoms with Crippen molar-refractivity contribution in [1.82, 2.24) is 15.0 Å². The summed E-state index contributed by atoms with van der Waals surface area (Å²) in [5, 5.41) is 20.8. The number of nitrogens with zero attached hydrogens (tertiary/aromatic N) is 3. The number of likely N-dealkylation sites (tertiary alicyclic amines) is 1. The average molecular weight is 211 g/mol. The number of hydrogen-bond donors (Lipinski definition) is 3. The highest BCUT2D eigenvalue weighted by Gasteiger charge is 2.38. The number of nitrogens with one attached hydrogen (secondary N) is 1. The van der Waals surface area contributed by atoms with Crippen LogP contribution in [-0.4, -0.2) is 38.8 Å². The number of aromatic nitrogens is 2. The molecule has 0 unspecified atom stereocenters. The molecule has 1 fully saturated rings. The van der Waals surface area contributed by atoms with Gasteiger partial charge in [0.25, 0.3) is 5.89 Å². The Morgan fingerprint density at radius 2 is 2.47 bits per heavy atom. The number of hydrogen-bond acceptors (Lipinski definition) is 5. The van der Waals surface area contributed by atoms with Crippen molar-refractivity contribution >= 4 is 5.96 Å². The van der Waals surface area contributed by atoms with E-state index in [1.807, 2.05) is 0 Å². The number of guanidine groups is 1. The first-order valence-corrected chi connectivity index (χ1v) is 4.68. The lowest BCUT2D eigenvalue weighted by atomic mass is 10.2. The summed E-state index contributed by atoms with van der Waals surface area (Å²) in [5.74, 6) is 0.729. The lowest BCUT2D eigenvalue weighted by molar-refractivity contribution is 0.118. The lowest BCUT2D eigenvalue weighted by Crippen LogP contribution is -2.37. The van der Waals surface area contributed by atoms with Crippen molar-refractivity contribution in [3.05, 3.63) is 11.7 Å². The van der Waals surface area contributed by atoms with Gasteiger partial charge < -0.3 is 20.3 Å². The fourth-order valence-electron chi connectivity index (χ4n) is 1.78. The van der Waals surface area contributed by atoms with Crippen LogP contribution < -0.4 is 5.73 Å². The summed E-state index contributed by atoms with van der Waals surface area (Å²) < 4.78 is 4.98. The summed E-state index contributed by atoms with van der Waals surface area (Å²) in [4.78, 5) is 5.60. The van der Waals surface area contributed by atoms with E-state index in [0.717, 1.165) is 0 Å². The Morgan fingerprint density at radius 1 is 1.73 bits per heavy atom. The number of aliphatic hydroxyl groups excluding tert-OH is 1. The van der Waals surface area contributed by atoms with Crippen molar-refractivity contribution in [3.63, 3.8) is 0 Å². The van der Waals surface area contributed by atoms with Gasteiger partial charge in [0.2, 0.25) is 0 Å². The molecule has 1 aliphatic heterocycles. The summed E-state index contributed by atoms with van der Waals surface area (Å²) in [6, 6.07) is -0.483. The Morgan fingerprint density at radius 3 is 3.00 bits per heavy atom. The maximum atomic E-state index is 9.75. The van der Waals surface area contributed by atoms with E-state index in [-0.39, 0.29) is 5.96 Å². The van der Waals surface area contributed by atoms with E-state index in [1.165, 1.54) is 0 Å². The summed E-state index contributed by atoms with van der Waals surface area (Å²) in [6.07, 6.45) is -0.0696. The molecule has 2 rings (SSSR count). The zero-order chi connectivity index (χ0) is 11.0. The zero-order valence-electron chi connectivity index (χ0n) is 8.34. The van der Waals surface area contributed by atoms with Gasteiger partial charge in [-0.15, -0.1) is 0 Å². The fraction of sp³-hybridized carbons (Fsp3) is 0.625. The first kappa shape index (κ1) is 9.91. The van der Waals surface area contributed by atoms with Crippen molar-refractivity contribution in [2.24, 2.45) is 5.73 Å². The molecule has 2 heterocycles. The van der Waals surface area contributed by atoms with Gasteiger partial charge in [-0.25, -0.2) is 0 Å². The van der Waals surface area contributed by atoms with E-state index in [2.05, 4.69) is 10.1 Å². The molecule has 0 aliphatic carbocycles. The van der Waals surface area contributed by atoms with Gasteiger partial charge in [-0.3, -0.25) is 5.41 Å². The smallest absolute Gasteiger partial charge is 0.252 e. The minimum atomic E-state index is -0.617. The van der Waals surface area contributed by atoms with Crippen molar-refractivity contribution in [2.45, 2.75) is 25.5 Å². The Balaban J connectivity index is 2.28. The monoisotopic (exact) mass is 211 g/mol. The second kappa shape index (κ2) is 3.50. The highest BCUT2D eigenvalue weighted by Crippen LogP contribution is 2.30. The molecule has 4 N–H and O–H groups in total. The van der Waals surface area contributed by atoms with Gasteiger partial charge >= 0.3 is 0 Å². The fourth-order valence-corrected chi connectivity index (χ4v) is 1.78. The van der Waals surface area contributed by atoms with Crippen LogP contribution in [0.5, 0.6) is 0 Å². The molecule has 1 aromatic heterocycles. The number of rotatable bonds is 1. The number of aliphatic hydroxyl groups is 1. The van der Waals surface area contributed by atoms with Crippen LogP contribution in [0, 0.1) is 12.3 Å².